The monoisotopic (exact) mass is 397 g/mol. The topological polar surface area (TPSA) is 108 Å². The molecule has 26 heavy (non-hydrogen) atoms. The smallest absolute Gasteiger partial charge is 0.312 e. The van der Waals surface area contributed by atoms with E-state index in [1.54, 1.807) is 11.8 Å². The summed E-state index contributed by atoms with van der Waals surface area (Å²) in [4.78, 5) is 23.2. The van der Waals surface area contributed by atoms with Crippen LogP contribution in [0.15, 0.2) is 24.3 Å². The molecule has 0 radical (unpaired) electrons. The van der Waals surface area contributed by atoms with Gasteiger partial charge in [-0.15, -0.1) is 0 Å². The Bertz CT molecular complexity index is 595. The number of hydrogen-bond donors (Lipinski definition) is 5. The Hall–Kier alpha value is -2.00. The second kappa shape index (κ2) is 12.4. The van der Waals surface area contributed by atoms with Crippen molar-refractivity contribution in [2.24, 2.45) is 5.73 Å². The lowest BCUT2D eigenvalue weighted by Crippen LogP contribution is -2.54. The zero-order valence-corrected chi connectivity index (χ0v) is 16.8. The number of unbranched alkanes of at least 4 members (excludes halogenated alkanes) is 1. The van der Waals surface area contributed by atoms with Crippen LogP contribution in [0.4, 0.5) is 10.5 Å². The molecule has 0 saturated heterocycles. The number of thiocarbonyl (C=S) groups is 1. The number of amides is 3. The van der Waals surface area contributed by atoms with E-state index in [1.807, 2.05) is 18.4 Å². The Morgan fingerprint density at radius 3 is 2.50 bits per heavy atom. The molecule has 0 aliphatic rings. The van der Waals surface area contributed by atoms with Gasteiger partial charge in [0.2, 0.25) is 0 Å². The van der Waals surface area contributed by atoms with Crippen LogP contribution in [0, 0.1) is 0 Å². The number of nitrogens with two attached hydrogens (primary N) is 1. The summed E-state index contributed by atoms with van der Waals surface area (Å²) in [5.74, 6) is 0.308. The third-order valence-electron chi connectivity index (χ3n) is 3.57. The van der Waals surface area contributed by atoms with Gasteiger partial charge in [0.15, 0.2) is 5.11 Å². The molecule has 0 aromatic heterocycles. The van der Waals surface area contributed by atoms with Crippen LogP contribution in [0.25, 0.3) is 0 Å². The van der Waals surface area contributed by atoms with Crippen molar-refractivity contribution < 1.29 is 9.59 Å². The zero-order valence-electron chi connectivity index (χ0n) is 15.1. The van der Waals surface area contributed by atoms with Crippen LogP contribution in [-0.4, -0.2) is 35.1 Å². The summed E-state index contributed by atoms with van der Waals surface area (Å²) >= 11 is 6.74. The fraction of sp³-hybridized carbons (Fsp3) is 0.471. The molecule has 0 aliphatic heterocycles. The predicted octanol–water partition coefficient (Wildman–Crippen LogP) is 2.14. The summed E-state index contributed by atoms with van der Waals surface area (Å²) in [5, 5.41) is 5.67. The zero-order chi connectivity index (χ0) is 19.4. The molecule has 0 spiro atoms. The third kappa shape index (κ3) is 8.91. The lowest BCUT2D eigenvalue weighted by Gasteiger charge is -2.18. The normalized spacial score (nSPS) is 11.3. The quantitative estimate of drug-likeness (QED) is 0.323. The number of hydrazine groups is 1. The summed E-state index contributed by atoms with van der Waals surface area (Å²) in [6, 6.07) is 6.53. The molecule has 0 aliphatic carbocycles. The Balaban J connectivity index is 2.46. The standard InChI is InChI=1S/C17H27N5O2S2/c1-3-4-5-12-6-8-13(9-7-12)19-17(25)22-21-15(23)14(10-11-26-2)20-16(18)24/h6-9,14H,3-5,10-11H2,1-2H3,(H,21,23)(H3,18,20,24)(H2,19,22,25)/t14-/m1/s1. The number of hydrogen-bond acceptors (Lipinski definition) is 4. The molecule has 0 unspecified atom stereocenters. The van der Waals surface area contributed by atoms with Gasteiger partial charge in [0.25, 0.3) is 5.91 Å². The van der Waals surface area contributed by atoms with Crippen molar-refractivity contribution in [3.8, 4) is 0 Å². The van der Waals surface area contributed by atoms with Crippen LogP contribution in [0.3, 0.4) is 0 Å². The van der Waals surface area contributed by atoms with Crippen LogP contribution >= 0.6 is 24.0 Å². The minimum atomic E-state index is -0.741. The first-order valence-electron chi connectivity index (χ1n) is 8.47. The van der Waals surface area contributed by atoms with E-state index in [0.717, 1.165) is 24.9 Å². The van der Waals surface area contributed by atoms with Crippen molar-refractivity contribution in [2.75, 3.05) is 17.3 Å². The molecule has 0 bridgehead atoms. The van der Waals surface area contributed by atoms with E-state index < -0.39 is 18.0 Å². The molecule has 1 atom stereocenters. The van der Waals surface area contributed by atoms with E-state index >= 15 is 0 Å². The van der Waals surface area contributed by atoms with Gasteiger partial charge in [-0.25, -0.2) is 4.79 Å². The first-order valence-corrected chi connectivity index (χ1v) is 10.3. The van der Waals surface area contributed by atoms with E-state index in [1.165, 1.54) is 5.56 Å². The molecule has 1 aromatic carbocycles. The van der Waals surface area contributed by atoms with Crippen molar-refractivity contribution in [3.63, 3.8) is 0 Å². The number of urea groups is 1. The summed E-state index contributed by atoms with van der Waals surface area (Å²) in [6.45, 7) is 2.17. The van der Waals surface area contributed by atoms with Crippen LogP contribution in [0.1, 0.15) is 31.7 Å². The summed E-state index contributed by atoms with van der Waals surface area (Å²) in [5.41, 5.74) is 12.3. The van der Waals surface area contributed by atoms with Gasteiger partial charge in [-0.05, 0) is 61.2 Å². The lowest BCUT2D eigenvalue weighted by molar-refractivity contribution is -0.123. The maximum atomic E-state index is 12.1. The highest BCUT2D eigenvalue weighted by molar-refractivity contribution is 7.98. The molecule has 0 saturated carbocycles. The minimum Gasteiger partial charge on any atom is -0.352 e. The molecular formula is C17H27N5O2S2. The van der Waals surface area contributed by atoms with Gasteiger partial charge in [0.05, 0.1) is 0 Å². The van der Waals surface area contributed by atoms with E-state index in [4.69, 9.17) is 18.0 Å². The minimum absolute atomic E-state index is 0.252. The number of carbonyl (C=O) groups excluding carboxylic acids is 2. The highest BCUT2D eigenvalue weighted by Crippen LogP contribution is 2.11. The fourth-order valence-electron chi connectivity index (χ4n) is 2.18. The SMILES string of the molecule is CCCCc1ccc(NC(=S)NNC(=O)[C@@H](CCSC)NC(N)=O)cc1. The molecule has 1 aromatic rings. The molecule has 144 valence electrons. The molecule has 7 nitrogen and oxygen atoms in total. The van der Waals surface area contributed by atoms with Crippen molar-refractivity contribution in [3.05, 3.63) is 29.8 Å². The average Bonchev–Trinajstić information content (AvgIpc) is 2.62. The van der Waals surface area contributed by atoms with E-state index in [9.17, 15) is 9.59 Å². The highest BCUT2D eigenvalue weighted by Gasteiger charge is 2.19. The Labute approximate surface area is 164 Å². The second-order valence-corrected chi connectivity index (χ2v) is 7.11. The number of primary amides is 1. The number of nitrogens with one attached hydrogen (secondary N) is 4. The molecule has 9 heteroatoms. The summed E-state index contributed by atoms with van der Waals surface area (Å²) in [6.07, 6.45) is 5.77. The average molecular weight is 398 g/mol. The van der Waals surface area contributed by atoms with Crippen molar-refractivity contribution in [1.29, 1.82) is 0 Å². The van der Waals surface area contributed by atoms with Crippen LogP contribution in [0.2, 0.25) is 0 Å². The van der Waals surface area contributed by atoms with Gasteiger partial charge in [0.1, 0.15) is 6.04 Å². The van der Waals surface area contributed by atoms with Gasteiger partial charge in [-0.1, -0.05) is 25.5 Å². The molecular weight excluding hydrogens is 370 g/mol. The van der Waals surface area contributed by atoms with Crippen LogP contribution in [0.5, 0.6) is 0 Å². The molecule has 1 rings (SSSR count). The first kappa shape index (κ1) is 22.0. The summed E-state index contributed by atoms with van der Waals surface area (Å²) in [7, 11) is 0. The molecule has 3 amide bonds. The van der Waals surface area contributed by atoms with Gasteiger partial charge >= 0.3 is 6.03 Å². The summed E-state index contributed by atoms with van der Waals surface area (Å²) < 4.78 is 0. The van der Waals surface area contributed by atoms with Gasteiger partial charge < -0.3 is 16.4 Å². The van der Waals surface area contributed by atoms with Gasteiger partial charge in [0, 0.05) is 5.69 Å². The van der Waals surface area contributed by atoms with Crippen LogP contribution in [-0.2, 0) is 11.2 Å². The largest absolute Gasteiger partial charge is 0.352 e. The number of carbonyl (C=O) groups is 2. The maximum absolute atomic E-state index is 12.1. The van der Waals surface area contributed by atoms with Crippen molar-refractivity contribution in [2.45, 2.75) is 38.6 Å². The Morgan fingerprint density at radius 2 is 1.92 bits per heavy atom. The number of anilines is 1. The molecule has 6 N–H and O–H groups in total. The third-order valence-corrected chi connectivity index (χ3v) is 4.42. The van der Waals surface area contributed by atoms with Crippen molar-refractivity contribution >= 4 is 46.7 Å². The fourth-order valence-corrected chi connectivity index (χ4v) is 2.82. The van der Waals surface area contributed by atoms with Gasteiger partial charge in [-0.3, -0.25) is 15.6 Å². The van der Waals surface area contributed by atoms with E-state index in [2.05, 4.69) is 40.5 Å². The number of rotatable bonds is 9. The van der Waals surface area contributed by atoms with Crippen LogP contribution < -0.4 is 27.2 Å². The Morgan fingerprint density at radius 1 is 1.23 bits per heavy atom. The highest BCUT2D eigenvalue weighted by atomic mass is 32.2. The van der Waals surface area contributed by atoms with Gasteiger partial charge in [-0.2, -0.15) is 11.8 Å². The van der Waals surface area contributed by atoms with E-state index in [-0.39, 0.29) is 5.11 Å². The number of benzene rings is 1. The second-order valence-electron chi connectivity index (χ2n) is 5.71. The first-order chi connectivity index (χ1) is 12.5. The Kier molecular flexibility index (Phi) is 10.5. The van der Waals surface area contributed by atoms with Crippen molar-refractivity contribution in [1.82, 2.24) is 16.2 Å². The number of aryl methyl sites for hydroxylation is 1. The lowest BCUT2D eigenvalue weighted by atomic mass is 10.1. The molecule has 0 heterocycles. The number of thioether (sulfide) groups is 1. The van der Waals surface area contributed by atoms with E-state index in [0.29, 0.717) is 12.2 Å². The predicted molar refractivity (Wildman–Crippen MR) is 112 cm³/mol. The molecule has 0 fully saturated rings. The maximum Gasteiger partial charge on any atom is 0.312 e.